The van der Waals surface area contributed by atoms with Crippen LogP contribution in [0.1, 0.15) is 25.3 Å². The summed E-state index contributed by atoms with van der Waals surface area (Å²) in [5.74, 6) is 0.566. The molecule has 0 unspecified atom stereocenters. The topological polar surface area (TPSA) is 41.5 Å². The fraction of sp³-hybridized carbons (Fsp3) is 0.333. The molecule has 1 N–H and O–H groups in total. The first-order chi connectivity index (χ1) is 9.13. The maximum absolute atomic E-state index is 12.1. The minimum Gasteiger partial charge on any atom is -0.299 e. The van der Waals surface area contributed by atoms with Crippen molar-refractivity contribution in [1.29, 1.82) is 0 Å². The van der Waals surface area contributed by atoms with Crippen molar-refractivity contribution in [2.45, 2.75) is 19.8 Å². The average molecular weight is 319 g/mol. The third kappa shape index (κ3) is 2.50. The van der Waals surface area contributed by atoms with Crippen LogP contribution in [-0.4, -0.2) is 11.5 Å². The van der Waals surface area contributed by atoms with E-state index < -0.39 is 0 Å². The van der Waals surface area contributed by atoms with E-state index in [1.54, 1.807) is 0 Å². The molecule has 0 saturated heterocycles. The first-order valence-corrected chi connectivity index (χ1v) is 7.25. The molecule has 19 heavy (non-hydrogen) atoms. The molecule has 1 aliphatic heterocycles. The number of Topliss-reactive ketones (excluding diaryl/α,β-unsaturated/α-hetero) is 1. The Morgan fingerprint density at radius 2 is 2.00 bits per heavy atom. The predicted molar refractivity (Wildman–Crippen MR) is 79.6 cm³/mol. The van der Waals surface area contributed by atoms with Gasteiger partial charge in [-0.05, 0) is 36.1 Å². The van der Waals surface area contributed by atoms with E-state index in [1.807, 2.05) is 30.3 Å². The van der Waals surface area contributed by atoms with Gasteiger partial charge in [0.25, 0.3) is 0 Å². The number of nitrogens with one attached hydrogen (secondary N) is 1. The largest absolute Gasteiger partial charge is 0.299 e. The molecule has 3 rings (SSSR count). The van der Waals surface area contributed by atoms with Crippen LogP contribution in [0, 0.1) is 11.8 Å². The molecule has 1 aromatic rings. The Balaban J connectivity index is 1.89. The van der Waals surface area contributed by atoms with Crippen LogP contribution in [0.4, 0.5) is 0 Å². The molecule has 4 heteroatoms. The zero-order valence-corrected chi connectivity index (χ0v) is 12.3. The zero-order chi connectivity index (χ0) is 13.4. The van der Waals surface area contributed by atoms with E-state index in [-0.39, 0.29) is 11.7 Å². The molecule has 0 amide bonds. The van der Waals surface area contributed by atoms with E-state index in [1.165, 1.54) is 0 Å². The van der Waals surface area contributed by atoms with E-state index >= 15 is 0 Å². The van der Waals surface area contributed by atoms with Crippen LogP contribution in [0.2, 0.25) is 0 Å². The number of rotatable bonds is 1. The Labute approximate surface area is 120 Å². The zero-order valence-electron chi connectivity index (χ0n) is 10.7. The quantitative estimate of drug-likeness (QED) is 0.862. The van der Waals surface area contributed by atoms with Crippen molar-refractivity contribution in [2.24, 2.45) is 16.9 Å². The predicted octanol–water partition coefficient (Wildman–Crippen LogP) is 3.36. The van der Waals surface area contributed by atoms with Crippen LogP contribution < -0.4 is 5.43 Å². The minimum absolute atomic E-state index is 0.129. The Morgan fingerprint density at radius 3 is 2.74 bits per heavy atom. The van der Waals surface area contributed by atoms with E-state index in [0.717, 1.165) is 27.9 Å². The van der Waals surface area contributed by atoms with Gasteiger partial charge >= 0.3 is 0 Å². The fourth-order valence-corrected chi connectivity index (χ4v) is 2.91. The molecular formula is C15H15BrN2O. The van der Waals surface area contributed by atoms with E-state index in [4.69, 9.17) is 0 Å². The molecule has 98 valence electrons. The smallest absolute Gasteiger partial charge is 0.145 e. The second kappa shape index (κ2) is 4.93. The van der Waals surface area contributed by atoms with Crippen LogP contribution in [0.15, 0.2) is 39.9 Å². The number of fused-ring (bicyclic) bond motifs is 1. The molecular weight excluding hydrogens is 304 g/mol. The van der Waals surface area contributed by atoms with Gasteiger partial charge in [-0.15, -0.1) is 0 Å². The number of halogens is 1. The molecule has 1 heterocycles. The van der Waals surface area contributed by atoms with Crippen molar-refractivity contribution < 1.29 is 4.79 Å². The lowest BCUT2D eigenvalue weighted by Gasteiger charge is -2.28. The van der Waals surface area contributed by atoms with Crippen molar-refractivity contribution >= 4 is 33.1 Å². The van der Waals surface area contributed by atoms with E-state index in [0.29, 0.717) is 12.3 Å². The normalized spacial score (nSPS) is 26.1. The summed E-state index contributed by atoms with van der Waals surface area (Å²) in [6, 6.07) is 8.00. The number of nitrogens with zero attached hydrogens (tertiary/aromatic N) is 1. The summed E-state index contributed by atoms with van der Waals surface area (Å²) >= 11 is 3.42. The Hall–Kier alpha value is -1.42. The Kier molecular flexibility index (Phi) is 3.27. The van der Waals surface area contributed by atoms with Gasteiger partial charge in [0.1, 0.15) is 5.78 Å². The highest BCUT2D eigenvalue weighted by atomic mass is 79.9. The molecule has 1 aliphatic carbocycles. The molecule has 0 bridgehead atoms. The van der Waals surface area contributed by atoms with Crippen molar-refractivity contribution in [1.82, 2.24) is 5.43 Å². The summed E-state index contributed by atoms with van der Waals surface area (Å²) < 4.78 is 1.04. The molecule has 1 fully saturated rings. The molecule has 0 spiro atoms. The molecule has 3 nitrogen and oxygen atoms in total. The SMILES string of the molecule is C[C@H]1CC(=O)[C@@H]2C=C(c3ccc(Br)cc3)NN=C2C1. The third-order valence-electron chi connectivity index (χ3n) is 3.62. The van der Waals surface area contributed by atoms with Gasteiger partial charge in [0, 0.05) is 10.9 Å². The number of hydrazone groups is 1. The number of hydrogen-bond donors (Lipinski definition) is 1. The number of carbonyl (C=O) groups is 1. The van der Waals surface area contributed by atoms with Crippen LogP contribution in [0.25, 0.3) is 5.70 Å². The van der Waals surface area contributed by atoms with Crippen molar-refractivity contribution in [2.75, 3.05) is 0 Å². The van der Waals surface area contributed by atoms with Crippen LogP contribution in [0.3, 0.4) is 0 Å². The number of allylic oxidation sites excluding steroid dienone is 1. The number of ketones is 1. The van der Waals surface area contributed by atoms with Crippen molar-refractivity contribution in [3.8, 4) is 0 Å². The summed E-state index contributed by atoms with van der Waals surface area (Å²) in [6.45, 7) is 2.10. The summed E-state index contributed by atoms with van der Waals surface area (Å²) in [7, 11) is 0. The molecule has 1 aromatic carbocycles. The lowest BCUT2D eigenvalue weighted by molar-refractivity contribution is -0.121. The van der Waals surface area contributed by atoms with Crippen molar-refractivity contribution in [3.05, 3.63) is 40.4 Å². The minimum atomic E-state index is -0.129. The van der Waals surface area contributed by atoms with Gasteiger partial charge in [-0.2, -0.15) is 5.10 Å². The molecule has 2 aliphatic rings. The highest BCUT2D eigenvalue weighted by Crippen LogP contribution is 2.29. The lowest BCUT2D eigenvalue weighted by Crippen LogP contribution is -2.35. The van der Waals surface area contributed by atoms with Crippen LogP contribution >= 0.6 is 15.9 Å². The molecule has 2 atom stereocenters. The van der Waals surface area contributed by atoms with Gasteiger partial charge in [-0.25, -0.2) is 0 Å². The van der Waals surface area contributed by atoms with Gasteiger partial charge in [-0.1, -0.05) is 35.0 Å². The highest BCUT2D eigenvalue weighted by molar-refractivity contribution is 9.10. The Morgan fingerprint density at radius 1 is 1.26 bits per heavy atom. The van der Waals surface area contributed by atoms with E-state index in [2.05, 4.69) is 33.4 Å². The van der Waals surface area contributed by atoms with Gasteiger partial charge in [-0.3, -0.25) is 10.2 Å². The average Bonchev–Trinajstić information content (AvgIpc) is 2.39. The fourth-order valence-electron chi connectivity index (χ4n) is 2.64. The summed E-state index contributed by atoms with van der Waals surface area (Å²) in [5, 5.41) is 4.40. The van der Waals surface area contributed by atoms with Crippen molar-refractivity contribution in [3.63, 3.8) is 0 Å². The van der Waals surface area contributed by atoms with Gasteiger partial charge < -0.3 is 0 Å². The Bertz CT molecular complexity index is 574. The first-order valence-electron chi connectivity index (χ1n) is 6.46. The summed E-state index contributed by atoms with van der Waals surface area (Å²) in [5.41, 5.74) is 6.03. The van der Waals surface area contributed by atoms with Gasteiger partial charge in [0.15, 0.2) is 0 Å². The number of benzene rings is 1. The maximum Gasteiger partial charge on any atom is 0.145 e. The third-order valence-corrected chi connectivity index (χ3v) is 4.15. The number of hydrogen-bond acceptors (Lipinski definition) is 3. The summed E-state index contributed by atoms with van der Waals surface area (Å²) in [6.07, 6.45) is 3.58. The number of carbonyl (C=O) groups excluding carboxylic acids is 1. The second-order valence-corrected chi connectivity index (χ2v) is 6.18. The second-order valence-electron chi connectivity index (χ2n) is 5.26. The van der Waals surface area contributed by atoms with E-state index in [9.17, 15) is 4.79 Å². The molecule has 0 aromatic heterocycles. The molecule has 0 radical (unpaired) electrons. The van der Waals surface area contributed by atoms with Crippen LogP contribution in [0.5, 0.6) is 0 Å². The highest BCUT2D eigenvalue weighted by Gasteiger charge is 2.32. The van der Waals surface area contributed by atoms with Gasteiger partial charge in [0.2, 0.25) is 0 Å². The summed E-state index contributed by atoms with van der Waals surface area (Å²) in [4.78, 5) is 12.1. The maximum atomic E-state index is 12.1. The molecule has 1 saturated carbocycles. The first kappa shape index (κ1) is 12.6. The van der Waals surface area contributed by atoms with Gasteiger partial charge in [0.05, 0.1) is 17.3 Å². The van der Waals surface area contributed by atoms with Crippen LogP contribution in [-0.2, 0) is 4.79 Å². The lowest BCUT2D eigenvalue weighted by atomic mass is 9.79. The monoisotopic (exact) mass is 318 g/mol. The standard InChI is InChI=1S/C15H15BrN2O/c1-9-6-14-12(15(19)7-9)8-13(17-18-14)10-2-4-11(16)5-3-10/h2-5,8-9,12,17H,6-7H2,1H3/t9-,12-/m1/s1.